The fourth-order valence-electron chi connectivity index (χ4n) is 6.01. The molecular formula is C35H50O6S2. The number of ketones is 2. The number of Topliss-reactive ketones (excluding diaryl/α,β-unsaturated/α-hetero) is 2. The monoisotopic (exact) mass is 630 g/mol. The number of hydrogen-bond acceptors (Lipinski definition) is 6. The summed E-state index contributed by atoms with van der Waals surface area (Å²) < 4.78 is -2.58. The van der Waals surface area contributed by atoms with Crippen molar-refractivity contribution in [3.63, 3.8) is 0 Å². The van der Waals surface area contributed by atoms with E-state index in [1.165, 1.54) is 0 Å². The molecule has 0 bridgehead atoms. The van der Waals surface area contributed by atoms with Crippen molar-refractivity contribution >= 4 is 47.0 Å². The lowest BCUT2D eigenvalue weighted by Gasteiger charge is -2.46. The molecule has 6 nitrogen and oxygen atoms in total. The maximum atomic E-state index is 14.1. The van der Waals surface area contributed by atoms with Crippen LogP contribution in [-0.4, -0.2) is 47.3 Å². The minimum absolute atomic E-state index is 0.00752. The smallest absolute Gasteiger partial charge is 0.303 e. The molecule has 1 saturated heterocycles. The van der Waals surface area contributed by atoms with Gasteiger partial charge in [0.15, 0.2) is 11.6 Å². The van der Waals surface area contributed by atoms with Crippen LogP contribution in [0, 0.1) is 21.7 Å². The van der Waals surface area contributed by atoms with Crippen LogP contribution in [0.25, 0.3) is 0 Å². The van der Waals surface area contributed by atoms with E-state index in [1.807, 2.05) is 83.1 Å². The van der Waals surface area contributed by atoms with Gasteiger partial charge in [0.25, 0.3) is 0 Å². The third-order valence-electron chi connectivity index (χ3n) is 8.41. The number of aliphatic carboxylic acids is 2. The van der Waals surface area contributed by atoms with Gasteiger partial charge in [-0.1, -0.05) is 107 Å². The number of allylic oxidation sites excluding steroid dienone is 4. The highest BCUT2D eigenvalue weighted by molar-refractivity contribution is 8.23. The minimum atomic E-state index is -0.947. The number of carbonyl (C=O) groups is 4. The zero-order chi connectivity index (χ0) is 33.2. The molecule has 1 fully saturated rings. The Bertz CT molecular complexity index is 1170. The molecule has 1 heterocycles. The Kier molecular flexibility index (Phi) is 9.12. The fourth-order valence-corrected chi connectivity index (χ4v) is 10.6. The topological polar surface area (TPSA) is 109 Å². The van der Waals surface area contributed by atoms with Gasteiger partial charge in [0.05, 0.1) is 13.6 Å². The van der Waals surface area contributed by atoms with Crippen LogP contribution in [0.1, 0.15) is 109 Å². The van der Waals surface area contributed by atoms with Crippen molar-refractivity contribution in [2.45, 2.75) is 122 Å². The predicted molar refractivity (Wildman–Crippen MR) is 177 cm³/mol. The Hall–Kier alpha value is -2.06. The van der Waals surface area contributed by atoms with Crippen LogP contribution in [0.3, 0.4) is 0 Å². The molecule has 0 aromatic heterocycles. The standard InChI is InChI=1S/C35H50O6S2/c1-29(2,3)21-17-33(18-22(27(21)40)30(4,5)6)34(43-35(42-33,15-13-25(36)37)16-14-26(38)39)19-23(31(7,8)9)28(41)24(20-34)32(10,11)12/h17-20H,13-16H2,1-12H3,(H,36,37)(H,38,39). The summed E-state index contributed by atoms with van der Waals surface area (Å²) in [4.78, 5) is 52.1. The average Bonchev–Trinajstić information content (AvgIpc) is 3.05. The Morgan fingerprint density at radius 2 is 0.791 bits per heavy atom. The largest absolute Gasteiger partial charge is 0.481 e. The number of rotatable bonds is 6. The van der Waals surface area contributed by atoms with E-state index in [4.69, 9.17) is 0 Å². The van der Waals surface area contributed by atoms with Gasteiger partial charge in [0.2, 0.25) is 0 Å². The molecule has 0 saturated carbocycles. The molecule has 43 heavy (non-hydrogen) atoms. The van der Waals surface area contributed by atoms with Crippen LogP contribution in [0.15, 0.2) is 46.6 Å². The first-order chi connectivity index (χ1) is 19.2. The van der Waals surface area contributed by atoms with Crippen LogP contribution >= 0.6 is 23.5 Å². The second-order valence-corrected chi connectivity index (χ2v) is 20.0. The molecule has 0 amide bonds. The SMILES string of the molecule is CC(C)(C)C1=CC2(C=C(C(C)(C)C)C1=O)SC(CCC(=O)O)(CCC(=O)O)SC21C=C(C(C)(C)C)C(=O)C(C(C)(C)C)=C1. The molecule has 2 N–H and O–H groups in total. The summed E-state index contributed by atoms with van der Waals surface area (Å²) in [6, 6.07) is 0. The Morgan fingerprint density at radius 1 is 0.558 bits per heavy atom. The number of carboxylic acid groups (broad SMARTS) is 2. The zero-order valence-corrected chi connectivity index (χ0v) is 29.6. The molecule has 8 heteroatoms. The highest BCUT2D eigenvalue weighted by Gasteiger charge is 2.65. The van der Waals surface area contributed by atoms with Crippen molar-refractivity contribution < 1.29 is 29.4 Å². The first kappa shape index (κ1) is 35.4. The van der Waals surface area contributed by atoms with E-state index in [0.717, 1.165) is 0 Å². The Morgan fingerprint density at radius 3 is 0.977 bits per heavy atom. The van der Waals surface area contributed by atoms with Gasteiger partial charge in [-0.25, -0.2) is 0 Å². The van der Waals surface area contributed by atoms with E-state index in [-0.39, 0.29) is 37.2 Å². The third kappa shape index (κ3) is 6.95. The molecule has 2 aliphatic carbocycles. The maximum Gasteiger partial charge on any atom is 0.303 e. The molecule has 3 aliphatic rings. The summed E-state index contributed by atoms with van der Waals surface area (Å²) >= 11 is 3.14. The van der Waals surface area contributed by atoms with Crippen molar-refractivity contribution in [1.82, 2.24) is 0 Å². The Labute approximate surface area is 266 Å². The lowest BCUT2D eigenvalue weighted by Crippen LogP contribution is -2.48. The molecule has 2 spiro atoms. The van der Waals surface area contributed by atoms with Crippen molar-refractivity contribution in [2.75, 3.05) is 0 Å². The predicted octanol–water partition coefficient (Wildman–Crippen LogP) is 8.43. The third-order valence-corrected chi connectivity index (χ3v) is 12.4. The first-order valence-corrected chi connectivity index (χ1v) is 16.7. The number of fused-ring (bicyclic) bond motifs is 1. The molecule has 1 aliphatic heterocycles. The molecule has 0 aromatic carbocycles. The van der Waals surface area contributed by atoms with Gasteiger partial charge in [-0.3, -0.25) is 19.2 Å². The van der Waals surface area contributed by atoms with Crippen molar-refractivity contribution in [3.8, 4) is 0 Å². The average molecular weight is 631 g/mol. The number of carbonyl (C=O) groups excluding carboxylic acids is 2. The second-order valence-electron chi connectivity index (χ2n) is 16.4. The maximum absolute atomic E-state index is 14.1. The lowest BCUT2D eigenvalue weighted by atomic mass is 9.65. The van der Waals surface area contributed by atoms with Gasteiger partial charge in [-0.15, -0.1) is 23.5 Å². The van der Waals surface area contributed by atoms with E-state index in [2.05, 4.69) is 24.3 Å². The summed E-state index contributed by atoms with van der Waals surface area (Å²) in [5.41, 5.74) is 0.721. The van der Waals surface area contributed by atoms with Crippen LogP contribution in [0.2, 0.25) is 0 Å². The summed E-state index contributed by atoms with van der Waals surface area (Å²) in [5.74, 6) is -1.91. The van der Waals surface area contributed by atoms with Crippen LogP contribution in [-0.2, 0) is 19.2 Å². The molecule has 0 radical (unpaired) electrons. The van der Waals surface area contributed by atoms with Gasteiger partial charge in [-0.2, -0.15) is 0 Å². The van der Waals surface area contributed by atoms with E-state index >= 15 is 0 Å². The summed E-state index contributed by atoms with van der Waals surface area (Å²) in [5, 5.41) is 19.5. The lowest BCUT2D eigenvalue weighted by molar-refractivity contribution is -0.137. The van der Waals surface area contributed by atoms with Gasteiger partial charge in [-0.05, 0) is 34.5 Å². The van der Waals surface area contributed by atoms with Gasteiger partial charge < -0.3 is 10.2 Å². The van der Waals surface area contributed by atoms with E-state index in [0.29, 0.717) is 22.3 Å². The van der Waals surface area contributed by atoms with E-state index in [1.54, 1.807) is 23.5 Å². The van der Waals surface area contributed by atoms with E-state index in [9.17, 15) is 29.4 Å². The van der Waals surface area contributed by atoms with Crippen molar-refractivity contribution in [2.24, 2.45) is 21.7 Å². The molecule has 238 valence electrons. The van der Waals surface area contributed by atoms with E-state index < -0.39 is 47.2 Å². The number of thioether (sulfide) groups is 2. The van der Waals surface area contributed by atoms with Crippen LogP contribution < -0.4 is 0 Å². The minimum Gasteiger partial charge on any atom is -0.481 e. The first-order valence-electron chi connectivity index (χ1n) is 15.1. The quantitative estimate of drug-likeness (QED) is 0.301. The molecule has 0 atom stereocenters. The molecule has 0 unspecified atom stereocenters. The highest BCUT2D eigenvalue weighted by atomic mass is 32.2. The zero-order valence-electron chi connectivity index (χ0n) is 28.0. The molecule has 3 rings (SSSR count). The van der Waals surface area contributed by atoms with Gasteiger partial charge >= 0.3 is 11.9 Å². The van der Waals surface area contributed by atoms with Gasteiger partial charge in [0.1, 0.15) is 0 Å². The normalized spacial score (nSPS) is 21.9. The number of hydrogen-bond donors (Lipinski definition) is 2. The summed E-state index contributed by atoms with van der Waals surface area (Å²) in [6.07, 6.45) is 8.49. The molecular weight excluding hydrogens is 581 g/mol. The van der Waals surface area contributed by atoms with Crippen LogP contribution in [0.4, 0.5) is 0 Å². The molecule has 0 aromatic rings. The van der Waals surface area contributed by atoms with Gasteiger partial charge in [0, 0.05) is 35.1 Å². The number of carboxylic acids is 2. The highest BCUT2D eigenvalue weighted by Crippen LogP contribution is 2.72. The van der Waals surface area contributed by atoms with Crippen molar-refractivity contribution in [1.29, 1.82) is 0 Å². The Balaban J connectivity index is 2.57. The fraction of sp³-hybridized carbons (Fsp3) is 0.657. The van der Waals surface area contributed by atoms with Crippen LogP contribution in [0.5, 0.6) is 0 Å². The summed E-state index contributed by atoms with van der Waals surface area (Å²) in [7, 11) is 0. The van der Waals surface area contributed by atoms with Crippen molar-refractivity contribution in [3.05, 3.63) is 46.6 Å². The summed E-state index contributed by atoms with van der Waals surface area (Å²) in [6.45, 7) is 24.3. The second kappa shape index (κ2) is 11.1.